The number of nitrogens with zero attached hydrogens (tertiary/aromatic N) is 2. The highest BCUT2D eigenvalue weighted by atomic mass is 19.4. The van der Waals surface area contributed by atoms with Gasteiger partial charge in [-0.25, -0.2) is 4.39 Å². The number of alkyl halides is 3. The summed E-state index contributed by atoms with van der Waals surface area (Å²) in [5, 5.41) is 8.58. The summed E-state index contributed by atoms with van der Waals surface area (Å²) in [4.78, 5) is 0.944. The molecule has 0 spiro atoms. The lowest BCUT2D eigenvalue weighted by molar-refractivity contribution is -0.144. The van der Waals surface area contributed by atoms with Crippen molar-refractivity contribution in [3.8, 4) is 6.07 Å². The van der Waals surface area contributed by atoms with E-state index >= 15 is 0 Å². The summed E-state index contributed by atoms with van der Waals surface area (Å²) in [5.41, 5.74) is -0.0845. The molecule has 0 unspecified atom stereocenters. The molecule has 0 saturated carbocycles. The Hall–Kier alpha value is -1.61. The molecule has 0 fully saturated rings. The minimum atomic E-state index is -4.32. The molecule has 0 bridgehead atoms. The van der Waals surface area contributed by atoms with Crippen molar-refractivity contribution < 1.29 is 17.6 Å². The second-order valence-corrected chi connectivity index (χ2v) is 3.68. The van der Waals surface area contributed by atoms with E-state index in [2.05, 4.69) is 0 Å². The van der Waals surface area contributed by atoms with Gasteiger partial charge in [-0.15, -0.1) is 0 Å². The lowest BCUT2D eigenvalue weighted by Gasteiger charge is -2.18. The fourth-order valence-electron chi connectivity index (χ4n) is 1.44. The summed E-state index contributed by atoms with van der Waals surface area (Å²) >= 11 is 0. The van der Waals surface area contributed by atoms with E-state index in [4.69, 9.17) is 5.26 Å². The fraction of sp³-hybridized carbons (Fsp3) is 0.364. The van der Waals surface area contributed by atoms with Gasteiger partial charge in [-0.3, -0.25) is 4.90 Å². The molecule has 92 valence electrons. The maximum Gasteiger partial charge on any atom is 0.401 e. The van der Waals surface area contributed by atoms with Crippen LogP contribution in [0, 0.1) is 17.1 Å². The van der Waals surface area contributed by atoms with Gasteiger partial charge in [0, 0.05) is 12.1 Å². The first-order valence-electron chi connectivity index (χ1n) is 4.76. The number of rotatable bonds is 3. The zero-order valence-electron chi connectivity index (χ0n) is 9.05. The highest BCUT2D eigenvalue weighted by molar-refractivity contribution is 5.34. The Labute approximate surface area is 96.1 Å². The largest absolute Gasteiger partial charge is 0.401 e. The van der Waals surface area contributed by atoms with E-state index < -0.39 is 18.5 Å². The second kappa shape index (κ2) is 5.15. The zero-order chi connectivity index (χ0) is 13.1. The molecule has 0 N–H and O–H groups in total. The third-order valence-corrected chi connectivity index (χ3v) is 2.09. The molecule has 1 aromatic carbocycles. The molecule has 0 amide bonds. The number of hydrogen-bond donors (Lipinski definition) is 0. The molecule has 0 heterocycles. The quantitative estimate of drug-likeness (QED) is 0.767. The SMILES string of the molecule is CN(Cc1cccc(C#N)c1F)CC(F)(F)F. The minimum Gasteiger partial charge on any atom is -0.294 e. The van der Waals surface area contributed by atoms with Gasteiger partial charge in [0.25, 0.3) is 0 Å². The summed E-state index contributed by atoms with van der Waals surface area (Å²) in [6, 6.07) is 5.73. The van der Waals surface area contributed by atoms with E-state index in [0.717, 1.165) is 4.90 Å². The lowest BCUT2D eigenvalue weighted by Crippen LogP contribution is -2.30. The number of nitriles is 1. The van der Waals surface area contributed by atoms with Crippen LogP contribution in [0.1, 0.15) is 11.1 Å². The first-order valence-corrected chi connectivity index (χ1v) is 4.76. The number of halogens is 4. The van der Waals surface area contributed by atoms with Gasteiger partial charge in [-0.2, -0.15) is 18.4 Å². The molecule has 6 heteroatoms. The van der Waals surface area contributed by atoms with Crippen LogP contribution in [-0.2, 0) is 6.54 Å². The van der Waals surface area contributed by atoms with Crippen LogP contribution in [0.3, 0.4) is 0 Å². The molecule has 0 aliphatic heterocycles. The van der Waals surface area contributed by atoms with Crippen LogP contribution in [0.15, 0.2) is 18.2 Å². The van der Waals surface area contributed by atoms with Crippen molar-refractivity contribution >= 4 is 0 Å². The monoisotopic (exact) mass is 246 g/mol. The van der Waals surface area contributed by atoms with Gasteiger partial charge in [0.2, 0.25) is 0 Å². The van der Waals surface area contributed by atoms with Crippen LogP contribution in [0.4, 0.5) is 17.6 Å². The third kappa shape index (κ3) is 4.04. The van der Waals surface area contributed by atoms with Crippen LogP contribution in [-0.4, -0.2) is 24.7 Å². The maximum atomic E-state index is 13.5. The molecule has 1 aromatic rings. The Morgan fingerprint density at radius 3 is 2.53 bits per heavy atom. The second-order valence-electron chi connectivity index (χ2n) is 3.68. The summed E-state index contributed by atoms with van der Waals surface area (Å²) < 4.78 is 49.7. The molecule has 1 rings (SSSR count). The predicted octanol–water partition coefficient (Wildman–Crippen LogP) is 2.69. The van der Waals surface area contributed by atoms with E-state index in [9.17, 15) is 17.6 Å². The predicted molar refractivity (Wildman–Crippen MR) is 53.5 cm³/mol. The van der Waals surface area contributed by atoms with Crippen molar-refractivity contribution in [2.45, 2.75) is 12.7 Å². The van der Waals surface area contributed by atoms with E-state index in [1.165, 1.54) is 25.2 Å². The topological polar surface area (TPSA) is 27.0 Å². The van der Waals surface area contributed by atoms with Gasteiger partial charge < -0.3 is 0 Å². The average molecular weight is 246 g/mol. The summed E-state index contributed by atoms with van der Waals surface area (Å²) in [6.07, 6.45) is -4.32. The van der Waals surface area contributed by atoms with Gasteiger partial charge in [0.1, 0.15) is 11.9 Å². The van der Waals surface area contributed by atoms with Crippen LogP contribution >= 0.6 is 0 Å². The van der Waals surface area contributed by atoms with Crippen LogP contribution in [0.2, 0.25) is 0 Å². The van der Waals surface area contributed by atoms with Crippen LogP contribution < -0.4 is 0 Å². The molecule has 0 radical (unpaired) electrons. The molecule has 17 heavy (non-hydrogen) atoms. The smallest absolute Gasteiger partial charge is 0.294 e. The van der Waals surface area contributed by atoms with Crippen molar-refractivity contribution in [3.05, 3.63) is 35.1 Å². The van der Waals surface area contributed by atoms with Gasteiger partial charge in [-0.05, 0) is 13.1 Å². The van der Waals surface area contributed by atoms with E-state index in [1.54, 1.807) is 6.07 Å². The van der Waals surface area contributed by atoms with Crippen molar-refractivity contribution in [3.63, 3.8) is 0 Å². The van der Waals surface area contributed by atoms with Gasteiger partial charge in [0.15, 0.2) is 0 Å². The standard InChI is InChI=1S/C11H10F4N2/c1-17(7-11(13,14)15)6-9-4-2-3-8(5-16)10(9)12/h2-4H,6-7H2,1H3. The summed E-state index contributed by atoms with van der Waals surface area (Å²) in [5.74, 6) is -0.760. The van der Waals surface area contributed by atoms with Crippen molar-refractivity contribution in [2.75, 3.05) is 13.6 Å². The van der Waals surface area contributed by atoms with E-state index in [1.807, 2.05) is 0 Å². The summed E-state index contributed by atoms with van der Waals surface area (Å²) in [7, 11) is 1.24. The van der Waals surface area contributed by atoms with Gasteiger partial charge in [-0.1, -0.05) is 12.1 Å². The van der Waals surface area contributed by atoms with E-state index in [-0.39, 0.29) is 17.7 Å². The first-order chi connectivity index (χ1) is 7.83. The molecule has 0 atom stereocenters. The molecule has 0 aliphatic carbocycles. The Balaban J connectivity index is 2.79. The number of benzene rings is 1. The highest BCUT2D eigenvalue weighted by Gasteiger charge is 2.29. The molecular weight excluding hydrogens is 236 g/mol. The Morgan fingerprint density at radius 1 is 1.35 bits per heavy atom. The molecular formula is C11H10F4N2. The van der Waals surface area contributed by atoms with Crippen LogP contribution in [0.25, 0.3) is 0 Å². The van der Waals surface area contributed by atoms with Gasteiger partial charge >= 0.3 is 6.18 Å². The molecule has 0 saturated heterocycles. The zero-order valence-corrected chi connectivity index (χ0v) is 9.05. The average Bonchev–Trinajstić information content (AvgIpc) is 2.18. The van der Waals surface area contributed by atoms with E-state index in [0.29, 0.717) is 0 Å². The molecule has 2 nitrogen and oxygen atoms in total. The van der Waals surface area contributed by atoms with Gasteiger partial charge in [0.05, 0.1) is 12.1 Å². The van der Waals surface area contributed by atoms with Crippen molar-refractivity contribution in [1.82, 2.24) is 4.90 Å². The first kappa shape index (κ1) is 13.5. The Kier molecular flexibility index (Phi) is 4.07. The Bertz CT molecular complexity index is 434. The number of hydrogen-bond acceptors (Lipinski definition) is 2. The normalized spacial score (nSPS) is 11.6. The molecule has 0 aromatic heterocycles. The maximum absolute atomic E-state index is 13.5. The van der Waals surface area contributed by atoms with Crippen molar-refractivity contribution in [1.29, 1.82) is 5.26 Å². The highest BCUT2D eigenvalue weighted by Crippen LogP contribution is 2.18. The molecule has 0 aliphatic rings. The Morgan fingerprint density at radius 2 is 2.00 bits per heavy atom. The fourth-order valence-corrected chi connectivity index (χ4v) is 1.44. The summed E-state index contributed by atoms with van der Waals surface area (Å²) in [6.45, 7) is -1.32. The lowest BCUT2D eigenvalue weighted by atomic mass is 10.1. The van der Waals surface area contributed by atoms with Crippen LogP contribution in [0.5, 0.6) is 0 Å². The van der Waals surface area contributed by atoms with Crippen molar-refractivity contribution in [2.24, 2.45) is 0 Å². The third-order valence-electron chi connectivity index (χ3n) is 2.09. The minimum absolute atomic E-state index is 0.0794.